The summed E-state index contributed by atoms with van der Waals surface area (Å²) in [5.74, 6) is -0.959. The van der Waals surface area contributed by atoms with Crippen molar-refractivity contribution in [3.63, 3.8) is 0 Å². The number of carboxylic acids is 1. The van der Waals surface area contributed by atoms with Crippen LogP contribution in [0.5, 0.6) is 0 Å². The monoisotopic (exact) mass is 187 g/mol. The molecule has 76 valence electrons. The van der Waals surface area contributed by atoms with E-state index in [1.165, 1.54) is 0 Å². The van der Waals surface area contributed by atoms with Gasteiger partial charge in [0.15, 0.2) is 0 Å². The second kappa shape index (κ2) is 5.72. The van der Waals surface area contributed by atoms with Crippen molar-refractivity contribution in [1.82, 2.24) is 4.90 Å². The Labute approximate surface area is 78.5 Å². The van der Waals surface area contributed by atoms with Crippen LogP contribution in [0.2, 0.25) is 0 Å². The highest BCUT2D eigenvalue weighted by Gasteiger charge is 2.08. The number of carbonyl (C=O) groups is 1. The van der Waals surface area contributed by atoms with Gasteiger partial charge in [-0.25, -0.2) is 4.79 Å². The van der Waals surface area contributed by atoms with Crippen molar-refractivity contribution in [3.8, 4) is 0 Å². The molecule has 0 aliphatic rings. The van der Waals surface area contributed by atoms with E-state index < -0.39 is 12.2 Å². The lowest BCUT2D eigenvalue weighted by Gasteiger charge is -2.17. The molecule has 0 amide bonds. The fourth-order valence-corrected chi connectivity index (χ4v) is 0.863. The van der Waals surface area contributed by atoms with Crippen LogP contribution in [0, 0.1) is 0 Å². The first-order valence-electron chi connectivity index (χ1n) is 4.20. The second-order valence-corrected chi connectivity index (χ2v) is 3.25. The molecule has 0 bridgehead atoms. The van der Waals surface area contributed by atoms with Crippen LogP contribution in [0.15, 0.2) is 12.2 Å². The Kier molecular flexibility index (Phi) is 5.34. The Morgan fingerprint density at radius 1 is 1.54 bits per heavy atom. The first-order valence-corrected chi connectivity index (χ1v) is 4.20. The van der Waals surface area contributed by atoms with E-state index in [4.69, 9.17) is 5.11 Å². The number of rotatable bonds is 6. The van der Waals surface area contributed by atoms with Crippen LogP contribution >= 0.6 is 0 Å². The molecule has 0 fully saturated rings. The molecule has 0 rings (SSSR count). The summed E-state index contributed by atoms with van der Waals surface area (Å²) in [6, 6.07) is 0. The minimum Gasteiger partial charge on any atom is -0.478 e. The summed E-state index contributed by atoms with van der Waals surface area (Å²) in [6.07, 6.45) is 1.14. The van der Waals surface area contributed by atoms with Crippen molar-refractivity contribution >= 4 is 5.97 Å². The van der Waals surface area contributed by atoms with Crippen molar-refractivity contribution in [2.24, 2.45) is 0 Å². The third-order valence-corrected chi connectivity index (χ3v) is 1.84. The molecule has 0 heterocycles. The third kappa shape index (κ3) is 5.38. The van der Waals surface area contributed by atoms with Gasteiger partial charge in [0, 0.05) is 5.57 Å². The molecule has 0 saturated heterocycles. The number of hydrogen-bond acceptors (Lipinski definition) is 3. The fourth-order valence-electron chi connectivity index (χ4n) is 0.863. The van der Waals surface area contributed by atoms with Gasteiger partial charge in [0.25, 0.3) is 0 Å². The summed E-state index contributed by atoms with van der Waals surface area (Å²) >= 11 is 0. The summed E-state index contributed by atoms with van der Waals surface area (Å²) in [4.78, 5) is 12.0. The smallest absolute Gasteiger partial charge is 0.330 e. The molecule has 13 heavy (non-hydrogen) atoms. The summed E-state index contributed by atoms with van der Waals surface area (Å²) < 4.78 is 0. The van der Waals surface area contributed by atoms with Gasteiger partial charge < -0.3 is 10.2 Å². The molecule has 1 atom stereocenters. The molecule has 0 aromatic heterocycles. The first-order chi connectivity index (χ1) is 5.95. The Hall–Kier alpha value is -0.870. The standard InChI is InChI=1S/C9H17NO3/c1-7(9(12)13)5-4-6-8(11)10(2)3/h8,11H,1,4-6H2,2-3H3,(H,12,13). The van der Waals surface area contributed by atoms with Gasteiger partial charge in [-0.05, 0) is 33.4 Å². The molecule has 2 N–H and O–H groups in total. The van der Waals surface area contributed by atoms with Gasteiger partial charge in [0.2, 0.25) is 0 Å². The SMILES string of the molecule is C=C(CCCC(O)N(C)C)C(=O)O. The number of aliphatic hydroxyl groups is 1. The average Bonchev–Trinajstić information content (AvgIpc) is 2.03. The number of nitrogens with zero attached hydrogens (tertiary/aromatic N) is 1. The van der Waals surface area contributed by atoms with Gasteiger partial charge in [-0.1, -0.05) is 6.58 Å². The van der Waals surface area contributed by atoms with Crippen LogP contribution in [-0.4, -0.2) is 41.4 Å². The lowest BCUT2D eigenvalue weighted by molar-refractivity contribution is -0.132. The zero-order valence-corrected chi connectivity index (χ0v) is 8.16. The van der Waals surface area contributed by atoms with E-state index in [0.29, 0.717) is 19.3 Å². The van der Waals surface area contributed by atoms with E-state index in [0.717, 1.165) is 0 Å². The van der Waals surface area contributed by atoms with Gasteiger partial charge in [-0.15, -0.1) is 0 Å². The highest BCUT2D eigenvalue weighted by Crippen LogP contribution is 2.08. The Morgan fingerprint density at radius 3 is 2.46 bits per heavy atom. The lowest BCUT2D eigenvalue weighted by atomic mass is 10.1. The van der Waals surface area contributed by atoms with Crippen molar-refractivity contribution in [2.75, 3.05) is 14.1 Å². The molecule has 0 radical (unpaired) electrons. The van der Waals surface area contributed by atoms with Crippen LogP contribution in [0.25, 0.3) is 0 Å². The van der Waals surface area contributed by atoms with Gasteiger partial charge in [0.1, 0.15) is 6.23 Å². The molecule has 1 unspecified atom stereocenters. The molecule has 4 heteroatoms. The molecule has 0 aromatic carbocycles. The predicted molar refractivity (Wildman–Crippen MR) is 50.3 cm³/mol. The quantitative estimate of drug-likeness (QED) is 0.474. The molecule has 0 aliphatic heterocycles. The van der Waals surface area contributed by atoms with E-state index in [-0.39, 0.29) is 5.57 Å². The zero-order chi connectivity index (χ0) is 10.4. The summed E-state index contributed by atoms with van der Waals surface area (Å²) in [7, 11) is 3.55. The maximum absolute atomic E-state index is 10.3. The summed E-state index contributed by atoms with van der Waals surface area (Å²) in [5, 5.41) is 17.8. The third-order valence-electron chi connectivity index (χ3n) is 1.84. The van der Waals surface area contributed by atoms with Crippen molar-refractivity contribution in [1.29, 1.82) is 0 Å². The van der Waals surface area contributed by atoms with Gasteiger partial charge >= 0.3 is 5.97 Å². The van der Waals surface area contributed by atoms with E-state index in [1.54, 1.807) is 19.0 Å². The van der Waals surface area contributed by atoms with E-state index in [1.807, 2.05) is 0 Å². The van der Waals surface area contributed by atoms with Crippen LogP contribution in [-0.2, 0) is 4.79 Å². The fraction of sp³-hybridized carbons (Fsp3) is 0.667. The Bertz CT molecular complexity index is 189. The molecule has 0 aliphatic carbocycles. The predicted octanol–water partition coefficient (Wildman–Crippen LogP) is 0.677. The number of carboxylic acid groups (broad SMARTS) is 1. The molecular weight excluding hydrogens is 170 g/mol. The van der Waals surface area contributed by atoms with Crippen LogP contribution < -0.4 is 0 Å². The Morgan fingerprint density at radius 2 is 2.08 bits per heavy atom. The summed E-state index contributed by atoms with van der Waals surface area (Å²) in [6.45, 7) is 3.40. The van der Waals surface area contributed by atoms with Crippen LogP contribution in [0.3, 0.4) is 0 Å². The van der Waals surface area contributed by atoms with E-state index >= 15 is 0 Å². The number of hydrogen-bond donors (Lipinski definition) is 2. The topological polar surface area (TPSA) is 60.8 Å². The highest BCUT2D eigenvalue weighted by atomic mass is 16.4. The number of aliphatic carboxylic acids is 1. The lowest BCUT2D eigenvalue weighted by Crippen LogP contribution is -2.27. The largest absolute Gasteiger partial charge is 0.478 e. The first kappa shape index (κ1) is 12.1. The van der Waals surface area contributed by atoms with Gasteiger partial charge in [-0.3, -0.25) is 4.90 Å². The van der Waals surface area contributed by atoms with Crippen molar-refractivity contribution in [3.05, 3.63) is 12.2 Å². The molecule has 0 spiro atoms. The Balaban J connectivity index is 3.56. The van der Waals surface area contributed by atoms with E-state index in [9.17, 15) is 9.90 Å². The maximum atomic E-state index is 10.3. The molecule has 4 nitrogen and oxygen atoms in total. The van der Waals surface area contributed by atoms with E-state index in [2.05, 4.69) is 6.58 Å². The van der Waals surface area contributed by atoms with Crippen molar-refractivity contribution in [2.45, 2.75) is 25.5 Å². The average molecular weight is 187 g/mol. The highest BCUT2D eigenvalue weighted by molar-refractivity contribution is 5.85. The van der Waals surface area contributed by atoms with Crippen molar-refractivity contribution < 1.29 is 15.0 Å². The van der Waals surface area contributed by atoms with Crippen LogP contribution in [0.1, 0.15) is 19.3 Å². The van der Waals surface area contributed by atoms with Crippen LogP contribution in [0.4, 0.5) is 0 Å². The van der Waals surface area contributed by atoms with Gasteiger partial charge in [0.05, 0.1) is 0 Å². The normalized spacial score (nSPS) is 12.9. The molecule has 0 saturated carbocycles. The summed E-state index contributed by atoms with van der Waals surface area (Å²) in [5.41, 5.74) is 0.200. The number of aliphatic hydroxyl groups excluding tert-OH is 1. The minimum absolute atomic E-state index is 0.200. The molecule has 0 aromatic rings. The maximum Gasteiger partial charge on any atom is 0.330 e. The zero-order valence-electron chi connectivity index (χ0n) is 8.16. The minimum atomic E-state index is -0.959. The molecular formula is C9H17NO3. The second-order valence-electron chi connectivity index (χ2n) is 3.25. The van der Waals surface area contributed by atoms with Gasteiger partial charge in [-0.2, -0.15) is 0 Å².